The van der Waals surface area contributed by atoms with Crippen molar-refractivity contribution in [2.45, 2.75) is 24.8 Å². The normalized spacial score (nSPS) is 12.6. The van der Waals surface area contributed by atoms with Gasteiger partial charge in [-0.1, -0.05) is 17.7 Å². The second kappa shape index (κ2) is 5.71. The molecule has 2 N–H and O–H groups in total. The third kappa shape index (κ3) is 3.60. The number of hydrogen-bond donors (Lipinski definition) is 1. The van der Waals surface area contributed by atoms with Crippen molar-refractivity contribution >= 4 is 23.1 Å². The van der Waals surface area contributed by atoms with Gasteiger partial charge >= 0.3 is 0 Å². The summed E-state index contributed by atoms with van der Waals surface area (Å²) in [4.78, 5) is 3.91. The third-order valence-corrected chi connectivity index (χ3v) is 4.79. The monoisotopic (exact) mass is 263 g/mol. The van der Waals surface area contributed by atoms with Crippen LogP contribution in [0.5, 0.6) is 0 Å². The van der Waals surface area contributed by atoms with Crippen LogP contribution in [0.4, 0.5) is 0 Å². The van der Waals surface area contributed by atoms with Gasteiger partial charge in [-0.05, 0) is 38.1 Å². The molecule has 0 aliphatic rings. The molecule has 17 heavy (non-hydrogen) atoms. The van der Waals surface area contributed by atoms with Gasteiger partial charge in [-0.2, -0.15) is 0 Å². The summed E-state index contributed by atoms with van der Waals surface area (Å²) in [5.74, 6) is 0.934. The van der Waals surface area contributed by atoms with E-state index >= 15 is 0 Å². The first-order valence-electron chi connectivity index (χ1n) is 5.66. The molecule has 2 rings (SSSR count). The Morgan fingerprint density at radius 3 is 2.71 bits per heavy atom. The van der Waals surface area contributed by atoms with E-state index in [0.717, 1.165) is 5.75 Å². The van der Waals surface area contributed by atoms with Crippen LogP contribution in [-0.2, 0) is 0 Å². The molecule has 0 fully saturated rings. The maximum absolute atomic E-state index is 6.18. The Hall–Kier alpha value is -0.770. The highest BCUT2D eigenvalue weighted by molar-refractivity contribution is 7.99. The first-order chi connectivity index (χ1) is 8.15. The van der Waals surface area contributed by atoms with Crippen molar-refractivity contribution in [2.24, 2.45) is 5.73 Å². The molecular formula is C14H17NS2. The first kappa shape index (κ1) is 12.7. The molecule has 1 unspecified atom stereocenters. The van der Waals surface area contributed by atoms with Crippen LogP contribution in [-0.4, -0.2) is 5.75 Å². The van der Waals surface area contributed by atoms with Crippen molar-refractivity contribution in [3.8, 4) is 0 Å². The number of hydrogen-bond acceptors (Lipinski definition) is 3. The van der Waals surface area contributed by atoms with Crippen LogP contribution in [0.15, 0.2) is 41.3 Å². The van der Waals surface area contributed by atoms with Crippen LogP contribution in [0.2, 0.25) is 0 Å². The Morgan fingerprint density at radius 2 is 2.06 bits per heavy atom. The van der Waals surface area contributed by atoms with Crippen molar-refractivity contribution in [2.75, 3.05) is 5.75 Å². The highest BCUT2D eigenvalue weighted by atomic mass is 32.2. The molecule has 1 nitrogen and oxygen atoms in total. The SMILES string of the molecule is Cc1cccc(SCC(N)c2ccc(C)s2)c1. The summed E-state index contributed by atoms with van der Waals surface area (Å²) in [6, 6.07) is 13.0. The lowest BCUT2D eigenvalue weighted by Crippen LogP contribution is -2.11. The molecule has 1 aromatic carbocycles. The second-order valence-corrected chi connectivity index (χ2v) is 6.60. The highest BCUT2D eigenvalue weighted by Gasteiger charge is 2.08. The fraction of sp³-hybridized carbons (Fsp3) is 0.286. The van der Waals surface area contributed by atoms with Gasteiger partial charge in [-0.3, -0.25) is 0 Å². The molecule has 0 bridgehead atoms. The molecular weight excluding hydrogens is 246 g/mol. The van der Waals surface area contributed by atoms with Crippen molar-refractivity contribution < 1.29 is 0 Å². The van der Waals surface area contributed by atoms with Gasteiger partial charge in [0.2, 0.25) is 0 Å². The average Bonchev–Trinajstić information content (AvgIpc) is 2.73. The van der Waals surface area contributed by atoms with Gasteiger partial charge in [0.25, 0.3) is 0 Å². The number of aryl methyl sites for hydroxylation is 2. The minimum Gasteiger partial charge on any atom is -0.323 e. The number of rotatable bonds is 4. The van der Waals surface area contributed by atoms with E-state index in [4.69, 9.17) is 5.73 Å². The van der Waals surface area contributed by atoms with Crippen molar-refractivity contribution in [3.63, 3.8) is 0 Å². The zero-order valence-electron chi connectivity index (χ0n) is 10.1. The number of thiophene rings is 1. The van der Waals surface area contributed by atoms with E-state index in [1.807, 2.05) is 11.8 Å². The van der Waals surface area contributed by atoms with Crippen LogP contribution < -0.4 is 5.73 Å². The number of thioether (sulfide) groups is 1. The maximum Gasteiger partial charge on any atom is 0.0485 e. The Bertz CT molecular complexity index is 490. The fourth-order valence-electron chi connectivity index (χ4n) is 1.63. The van der Waals surface area contributed by atoms with Gasteiger partial charge in [0.05, 0.1) is 0 Å². The maximum atomic E-state index is 6.18. The predicted molar refractivity (Wildman–Crippen MR) is 77.9 cm³/mol. The van der Waals surface area contributed by atoms with Crippen LogP contribution in [0.1, 0.15) is 21.4 Å². The summed E-state index contributed by atoms with van der Waals surface area (Å²) in [5, 5.41) is 0. The molecule has 0 radical (unpaired) electrons. The summed E-state index contributed by atoms with van der Waals surface area (Å²) >= 11 is 3.62. The molecule has 0 aliphatic carbocycles. The Morgan fingerprint density at radius 1 is 1.24 bits per heavy atom. The van der Waals surface area contributed by atoms with Crippen LogP contribution in [0, 0.1) is 13.8 Å². The quantitative estimate of drug-likeness (QED) is 0.838. The van der Waals surface area contributed by atoms with Crippen molar-refractivity contribution in [1.82, 2.24) is 0 Å². The van der Waals surface area contributed by atoms with Gasteiger partial charge in [-0.25, -0.2) is 0 Å². The lowest BCUT2D eigenvalue weighted by molar-refractivity contribution is 0.852. The van der Waals surface area contributed by atoms with Gasteiger partial charge in [0.1, 0.15) is 0 Å². The topological polar surface area (TPSA) is 26.0 Å². The Kier molecular flexibility index (Phi) is 4.26. The minimum atomic E-state index is 0.138. The minimum absolute atomic E-state index is 0.138. The first-order valence-corrected chi connectivity index (χ1v) is 7.47. The molecule has 3 heteroatoms. The van der Waals surface area contributed by atoms with Crippen LogP contribution in [0.25, 0.3) is 0 Å². The van der Waals surface area contributed by atoms with E-state index in [-0.39, 0.29) is 6.04 Å². The molecule has 1 heterocycles. The standard InChI is InChI=1S/C14H17NS2/c1-10-4-3-5-12(8-10)16-9-13(15)14-7-6-11(2)17-14/h3-8,13H,9,15H2,1-2H3. The second-order valence-electron chi connectivity index (χ2n) is 4.18. The lowest BCUT2D eigenvalue weighted by Gasteiger charge is -2.09. The zero-order chi connectivity index (χ0) is 12.3. The van der Waals surface area contributed by atoms with Crippen LogP contribution in [0.3, 0.4) is 0 Å². The molecule has 1 aromatic heterocycles. The summed E-state index contributed by atoms with van der Waals surface area (Å²) in [5.41, 5.74) is 7.49. The fourth-order valence-corrected chi connectivity index (χ4v) is 3.61. The molecule has 0 saturated carbocycles. The average molecular weight is 263 g/mol. The third-order valence-electron chi connectivity index (χ3n) is 2.55. The number of benzene rings is 1. The predicted octanol–water partition coefficient (Wildman–Crippen LogP) is 4.16. The molecule has 1 atom stereocenters. The Balaban J connectivity index is 1.94. The van der Waals surface area contributed by atoms with E-state index in [1.54, 1.807) is 11.3 Å². The molecule has 0 spiro atoms. The summed E-state index contributed by atoms with van der Waals surface area (Å²) in [6.07, 6.45) is 0. The van der Waals surface area contributed by atoms with Gasteiger partial charge in [0, 0.05) is 26.4 Å². The van der Waals surface area contributed by atoms with Gasteiger partial charge in [-0.15, -0.1) is 23.1 Å². The summed E-state index contributed by atoms with van der Waals surface area (Å²) in [7, 11) is 0. The molecule has 90 valence electrons. The molecule has 0 saturated heterocycles. The molecule has 2 aromatic rings. The zero-order valence-corrected chi connectivity index (χ0v) is 11.8. The lowest BCUT2D eigenvalue weighted by atomic mass is 10.2. The number of nitrogens with two attached hydrogens (primary N) is 1. The van der Waals surface area contributed by atoms with Crippen molar-refractivity contribution in [1.29, 1.82) is 0 Å². The van der Waals surface area contributed by atoms with E-state index in [1.165, 1.54) is 20.2 Å². The molecule has 0 amide bonds. The molecule has 0 aliphatic heterocycles. The highest BCUT2D eigenvalue weighted by Crippen LogP contribution is 2.27. The summed E-state index contributed by atoms with van der Waals surface area (Å²) < 4.78 is 0. The Labute approximate surface area is 111 Å². The van der Waals surface area contributed by atoms with Crippen LogP contribution >= 0.6 is 23.1 Å². The van der Waals surface area contributed by atoms with E-state index in [0.29, 0.717) is 0 Å². The van der Waals surface area contributed by atoms with Gasteiger partial charge < -0.3 is 5.73 Å². The van der Waals surface area contributed by atoms with E-state index < -0.39 is 0 Å². The van der Waals surface area contributed by atoms with Crippen molar-refractivity contribution in [3.05, 3.63) is 51.7 Å². The smallest absolute Gasteiger partial charge is 0.0485 e. The van der Waals surface area contributed by atoms with E-state index in [2.05, 4.69) is 50.2 Å². The summed E-state index contributed by atoms with van der Waals surface area (Å²) in [6.45, 7) is 4.24. The van der Waals surface area contributed by atoms with Gasteiger partial charge in [0.15, 0.2) is 0 Å². The largest absolute Gasteiger partial charge is 0.323 e. The van der Waals surface area contributed by atoms with E-state index in [9.17, 15) is 0 Å².